The molecular formula is C13H13FN4S. The number of thiazole rings is 1. The van der Waals surface area contributed by atoms with E-state index in [1.807, 2.05) is 18.5 Å². The van der Waals surface area contributed by atoms with Gasteiger partial charge in [0, 0.05) is 19.7 Å². The van der Waals surface area contributed by atoms with Crippen molar-refractivity contribution in [3.8, 4) is 10.7 Å². The molecule has 2 aromatic heterocycles. The Morgan fingerprint density at radius 1 is 1.37 bits per heavy atom. The predicted molar refractivity (Wildman–Crippen MR) is 74.4 cm³/mol. The fraction of sp³-hybridized carbons (Fsp3) is 0.231. The fourth-order valence-electron chi connectivity index (χ4n) is 2.12. The summed E-state index contributed by atoms with van der Waals surface area (Å²) < 4.78 is 15.2. The van der Waals surface area contributed by atoms with Crippen molar-refractivity contribution >= 4 is 22.4 Å². The van der Waals surface area contributed by atoms with Gasteiger partial charge in [-0.3, -0.25) is 0 Å². The van der Waals surface area contributed by atoms with E-state index in [9.17, 15) is 4.39 Å². The van der Waals surface area contributed by atoms with Gasteiger partial charge in [0.1, 0.15) is 10.8 Å². The van der Waals surface area contributed by atoms with Crippen LogP contribution in [0.2, 0.25) is 0 Å². The molecule has 0 radical (unpaired) electrons. The zero-order valence-electron chi connectivity index (χ0n) is 10.6. The third kappa shape index (κ3) is 1.93. The van der Waals surface area contributed by atoms with Crippen LogP contribution in [-0.4, -0.2) is 14.5 Å². The monoisotopic (exact) mass is 276 g/mol. The highest BCUT2D eigenvalue weighted by Crippen LogP contribution is 2.31. The Balaban J connectivity index is 2.24. The van der Waals surface area contributed by atoms with Gasteiger partial charge in [-0.05, 0) is 19.1 Å². The zero-order chi connectivity index (χ0) is 13.6. The number of rotatable bonds is 2. The van der Waals surface area contributed by atoms with Crippen molar-refractivity contribution in [2.45, 2.75) is 13.5 Å². The number of hydrogen-bond donors (Lipinski definition) is 1. The van der Waals surface area contributed by atoms with Crippen LogP contribution in [0.15, 0.2) is 18.2 Å². The van der Waals surface area contributed by atoms with Gasteiger partial charge in [0.05, 0.1) is 21.6 Å². The number of aryl methyl sites for hydroxylation is 2. The van der Waals surface area contributed by atoms with E-state index in [1.165, 1.54) is 23.5 Å². The van der Waals surface area contributed by atoms with Crippen LogP contribution in [0.1, 0.15) is 10.7 Å². The van der Waals surface area contributed by atoms with Gasteiger partial charge >= 0.3 is 0 Å². The molecule has 1 aromatic carbocycles. The molecule has 6 heteroatoms. The van der Waals surface area contributed by atoms with E-state index in [2.05, 4.69) is 9.97 Å². The molecule has 0 saturated heterocycles. The van der Waals surface area contributed by atoms with Crippen LogP contribution in [0, 0.1) is 12.7 Å². The van der Waals surface area contributed by atoms with E-state index >= 15 is 0 Å². The van der Waals surface area contributed by atoms with Crippen LogP contribution >= 0.6 is 11.3 Å². The number of nitrogens with two attached hydrogens (primary N) is 1. The molecule has 0 atom stereocenters. The molecule has 0 bridgehead atoms. The third-order valence-electron chi connectivity index (χ3n) is 3.06. The van der Waals surface area contributed by atoms with Gasteiger partial charge in [-0.25, -0.2) is 14.4 Å². The number of benzene rings is 1. The Kier molecular flexibility index (Phi) is 2.83. The quantitative estimate of drug-likeness (QED) is 0.782. The predicted octanol–water partition coefficient (Wildman–Crippen LogP) is 2.60. The molecule has 0 aliphatic carbocycles. The van der Waals surface area contributed by atoms with Gasteiger partial charge in [-0.1, -0.05) is 0 Å². The standard InChI is InChI=1S/C13H13FN4S/c1-7-12(19-11(6-15)16-7)13-17-9-5-8(14)3-4-10(9)18(13)2/h3-5H,6,15H2,1-2H3. The Morgan fingerprint density at radius 2 is 2.16 bits per heavy atom. The van der Waals surface area contributed by atoms with Crippen molar-refractivity contribution in [3.63, 3.8) is 0 Å². The first kappa shape index (κ1) is 12.3. The summed E-state index contributed by atoms with van der Waals surface area (Å²) in [4.78, 5) is 9.89. The number of imidazole rings is 1. The van der Waals surface area contributed by atoms with E-state index < -0.39 is 0 Å². The molecule has 0 aliphatic heterocycles. The van der Waals surface area contributed by atoms with E-state index in [1.54, 1.807) is 6.07 Å². The van der Waals surface area contributed by atoms with Gasteiger partial charge in [-0.15, -0.1) is 11.3 Å². The van der Waals surface area contributed by atoms with Gasteiger partial charge < -0.3 is 10.3 Å². The topological polar surface area (TPSA) is 56.7 Å². The molecule has 3 aromatic rings. The molecule has 2 heterocycles. The van der Waals surface area contributed by atoms with Crippen molar-refractivity contribution in [3.05, 3.63) is 34.7 Å². The largest absolute Gasteiger partial charge is 0.326 e. The molecule has 0 unspecified atom stereocenters. The van der Waals surface area contributed by atoms with Crippen LogP contribution in [0.25, 0.3) is 21.7 Å². The molecule has 0 spiro atoms. The van der Waals surface area contributed by atoms with E-state index in [0.717, 1.165) is 26.9 Å². The number of nitrogens with zero attached hydrogens (tertiary/aromatic N) is 3. The zero-order valence-corrected chi connectivity index (χ0v) is 11.5. The molecular weight excluding hydrogens is 263 g/mol. The van der Waals surface area contributed by atoms with Gasteiger partial charge in [0.15, 0.2) is 5.82 Å². The van der Waals surface area contributed by atoms with Crippen LogP contribution < -0.4 is 5.73 Å². The Morgan fingerprint density at radius 3 is 2.84 bits per heavy atom. The van der Waals surface area contributed by atoms with E-state index in [-0.39, 0.29) is 5.82 Å². The van der Waals surface area contributed by atoms with Crippen molar-refractivity contribution in [1.29, 1.82) is 0 Å². The summed E-state index contributed by atoms with van der Waals surface area (Å²) in [6, 6.07) is 4.62. The maximum atomic E-state index is 13.2. The van der Waals surface area contributed by atoms with Gasteiger partial charge in [0.2, 0.25) is 0 Å². The second-order valence-corrected chi connectivity index (χ2v) is 5.44. The molecule has 0 aliphatic rings. The summed E-state index contributed by atoms with van der Waals surface area (Å²) >= 11 is 1.53. The third-order valence-corrected chi connectivity index (χ3v) is 4.24. The summed E-state index contributed by atoms with van der Waals surface area (Å²) in [5, 5.41) is 0.880. The minimum Gasteiger partial charge on any atom is -0.326 e. The lowest BCUT2D eigenvalue weighted by atomic mass is 10.3. The summed E-state index contributed by atoms with van der Waals surface area (Å²) in [7, 11) is 1.92. The minimum atomic E-state index is -0.277. The average Bonchev–Trinajstić information content (AvgIpc) is 2.90. The summed E-state index contributed by atoms with van der Waals surface area (Å²) in [5.41, 5.74) is 8.07. The first-order valence-corrected chi connectivity index (χ1v) is 6.70. The maximum Gasteiger partial charge on any atom is 0.152 e. The molecule has 98 valence electrons. The number of halogens is 1. The highest BCUT2D eigenvalue weighted by atomic mass is 32.1. The molecule has 0 fully saturated rings. The molecule has 4 nitrogen and oxygen atoms in total. The summed E-state index contributed by atoms with van der Waals surface area (Å²) in [6.07, 6.45) is 0. The van der Waals surface area contributed by atoms with Crippen molar-refractivity contribution in [1.82, 2.24) is 14.5 Å². The lowest BCUT2D eigenvalue weighted by Crippen LogP contribution is -1.94. The molecule has 2 N–H and O–H groups in total. The normalized spacial score (nSPS) is 11.4. The second-order valence-electron chi connectivity index (χ2n) is 4.35. The van der Waals surface area contributed by atoms with Crippen LogP contribution in [0.3, 0.4) is 0 Å². The minimum absolute atomic E-state index is 0.277. The van der Waals surface area contributed by atoms with Crippen molar-refractivity contribution in [2.24, 2.45) is 12.8 Å². The molecule has 0 amide bonds. The van der Waals surface area contributed by atoms with Crippen LogP contribution in [0.5, 0.6) is 0 Å². The number of fused-ring (bicyclic) bond motifs is 1. The lowest BCUT2D eigenvalue weighted by molar-refractivity contribution is 0.629. The van der Waals surface area contributed by atoms with E-state index in [4.69, 9.17) is 5.73 Å². The molecule has 3 rings (SSSR count). The van der Waals surface area contributed by atoms with Crippen LogP contribution in [-0.2, 0) is 13.6 Å². The van der Waals surface area contributed by atoms with Gasteiger partial charge in [0.25, 0.3) is 0 Å². The second kappa shape index (κ2) is 4.40. The average molecular weight is 276 g/mol. The summed E-state index contributed by atoms with van der Waals surface area (Å²) in [6.45, 7) is 2.36. The fourth-order valence-corrected chi connectivity index (χ4v) is 3.09. The van der Waals surface area contributed by atoms with E-state index in [0.29, 0.717) is 12.1 Å². The molecule has 0 saturated carbocycles. The highest BCUT2D eigenvalue weighted by molar-refractivity contribution is 7.15. The summed E-state index contributed by atoms with van der Waals surface area (Å²) in [5.74, 6) is 0.524. The Bertz CT molecular complexity index is 759. The highest BCUT2D eigenvalue weighted by Gasteiger charge is 2.16. The van der Waals surface area contributed by atoms with Crippen LogP contribution in [0.4, 0.5) is 4.39 Å². The SMILES string of the molecule is Cc1nc(CN)sc1-c1nc2cc(F)ccc2n1C. The Hall–Kier alpha value is -1.79. The maximum absolute atomic E-state index is 13.2. The smallest absolute Gasteiger partial charge is 0.152 e. The molecule has 19 heavy (non-hydrogen) atoms. The first-order valence-electron chi connectivity index (χ1n) is 5.89. The van der Waals surface area contributed by atoms with Crippen molar-refractivity contribution in [2.75, 3.05) is 0 Å². The number of hydrogen-bond acceptors (Lipinski definition) is 4. The van der Waals surface area contributed by atoms with Gasteiger partial charge in [-0.2, -0.15) is 0 Å². The number of aromatic nitrogens is 3. The lowest BCUT2D eigenvalue weighted by Gasteiger charge is -1.99. The first-order chi connectivity index (χ1) is 9.10. The van der Waals surface area contributed by atoms with Crippen molar-refractivity contribution < 1.29 is 4.39 Å². The Labute approximate surface area is 113 Å².